The van der Waals surface area contributed by atoms with E-state index in [1.165, 1.54) is 25.7 Å². The van der Waals surface area contributed by atoms with Crippen LogP contribution in [0.2, 0.25) is 0 Å². The second-order valence-corrected chi connectivity index (χ2v) is 7.99. The van der Waals surface area contributed by atoms with E-state index in [-0.39, 0.29) is 5.60 Å². The molecule has 3 rings (SSSR count). The molecule has 18 heavy (non-hydrogen) atoms. The fourth-order valence-electron chi connectivity index (χ4n) is 5.65. The van der Waals surface area contributed by atoms with Crippen molar-refractivity contribution in [1.82, 2.24) is 0 Å². The van der Waals surface area contributed by atoms with Crippen molar-refractivity contribution in [2.45, 2.75) is 71.5 Å². The lowest BCUT2D eigenvalue weighted by Crippen LogP contribution is -2.54. The molecule has 1 saturated heterocycles. The van der Waals surface area contributed by atoms with Crippen molar-refractivity contribution >= 4 is 0 Å². The summed E-state index contributed by atoms with van der Waals surface area (Å²) in [6, 6.07) is 0. The van der Waals surface area contributed by atoms with Gasteiger partial charge in [0.2, 0.25) is 0 Å². The van der Waals surface area contributed by atoms with Crippen LogP contribution in [0.1, 0.15) is 59.8 Å². The van der Waals surface area contributed by atoms with Gasteiger partial charge in [0.15, 0.2) is 0 Å². The molecule has 2 nitrogen and oxygen atoms in total. The highest BCUT2D eigenvalue weighted by Crippen LogP contribution is 2.68. The van der Waals surface area contributed by atoms with Crippen LogP contribution < -0.4 is 0 Å². The Kier molecular flexibility index (Phi) is 2.68. The van der Waals surface area contributed by atoms with E-state index < -0.39 is 0 Å². The third-order valence-corrected chi connectivity index (χ3v) is 6.61. The van der Waals surface area contributed by atoms with Gasteiger partial charge >= 0.3 is 0 Å². The molecule has 2 heteroatoms. The standard InChI is InChI=1S/C16H28O2/c1-14(2)7-5-8-15(3)11(6-9-17)16(4)13(18-16)10-12(14)15/h11-13,17H,5-10H2,1-4H3/t11-,12-,13+,15-,16-/m1/s1. The molecule has 0 bridgehead atoms. The van der Waals surface area contributed by atoms with Crippen molar-refractivity contribution in [3.63, 3.8) is 0 Å². The highest BCUT2D eigenvalue weighted by Gasteiger charge is 2.69. The van der Waals surface area contributed by atoms with Crippen molar-refractivity contribution in [3.05, 3.63) is 0 Å². The van der Waals surface area contributed by atoms with Gasteiger partial charge in [0.1, 0.15) is 0 Å². The molecule has 0 unspecified atom stereocenters. The van der Waals surface area contributed by atoms with Crippen LogP contribution in [0, 0.1) is 22.7 Å². The van der Waals surface area contributed by atoms with Crippen LogP contribution in [-0.2, 0) is 4.74 Å². The van der Waals surface area contributed by atoms with E-state index in [1.807, 2.05) is 0 Å². The minimum Gasteiger partial charge on any atom is -0.396 e. The van der Waals surface area contributed by atoms with Crippen LogP contribution in [0.25, 0.3) is 0 Å². The highest BCUT2D eigenvalue weighted by atomic mass is 16.6. The minimum atomic E-state index is 0.0708. The van der Waals surface area contributed by atoms with Gasteiger partial charge in [-0.25, -0.2) is 0 Å². The molecule has 1 N–H and O–H groups in total. The third kappa shape index (κ3) is 1.54. The molecule has 0 aromatic rings. The summed E-state index contributed by atoms with van der Waals surface area (Å²) >= 11 is 0. The molecule has 2 aliphatic carbocycles. The first-order valence-corrected chi connectivity index (χ1v) is 7.63. The normalized spacial score (nSPS) is 53.5. The van der Waals surface area contributed by atoms with E-state index in [0.29, 0.717) is 29.5 Å². The third-order valence-electron chi connectivity index (χ3n) is 6.61. The molecule has 5 atom stereocenters. The van der Waals surface area contributed by atoms with Gasteiger partial charge in [0, 0.05) is 6.61 Å². The SMILES string of the molecule is CC1(C)CCC[C@@]2(C)[C@@H]1C[C@@H]1O[C@]1(C)[C@@H]2CCO. The van der Waals surface area contributed by atoms with Crippen molar-refractivity contribution in [3.8, 4) is 0 Å². The van der Waals surface area contributed by atoms with E-state index in [2.05, 4.69) is 27.7 Å². The Morgan fingerprint density at radius 3 is 2.56 bits per heavy atom. The maximum atomic E-state index is 9.45. The maximum Gasteiger partial charge on any atom is 0.0954 e. The number of fused-ring (bicyclic) bond motifs is 2. The van der Waals surface area contributed by atoms with Crippen molar-refractivity contribution in [2.24, 2.45) is 22.7 Å². The summed E-state index contributed by atoms with van der Waals surface area (Å²) < 4.78 is 6.07. The fraction of sp³-hybridized carbons (Fsp3) is 1.00. The molecule has 0 amide bonds. The molecular weight excluding hydrogens is 224 g/mol. The molecule has 0 spiro atoms. The monoisotopic (exact) mass is 252 g/mol. The zero-order chi connectivity index (χ0) is 13.2. The first-order valence-electron chi connectivity index (χ1n) is 7.63. The van der Waals surface area contributed by atoms with Crippen molar-refractivity contribution < 1.29 is 9.84 Å². The van der Waals surface area contributed by atoms with E-state index in [4.69, 9.17) is 4.74 Å². The zero-order valence-electron chi connectivity index (χ0n) is 12.3. The summed E-state index contributed by atoms with van der Waals surface area (Å²) in [5.74, 6) is 1.30. The molecule has 0 aromatic carbocycles. The zero-order valence-corrected chi connectivity index (χ0v) is 12.3. The predicted molar refractivity (Wildman–Crippen MR) is 72.3 cm³/mol. The average molecular weight is 252 g/mol. The second-order valence-electron chi connectivity index (χ2n) is 7.99. The quantitative estimate of drug-likeness (QED) is 0.764. The Hall–Kier alpha value is -0.0800. The van der Waals surface area contributed by atoms with E-state index in [1.54, 1.807) is 0 Å². The van der Waals surface area contributed by atoms with Crippen LogP contribution in [-0.4, -0.2) is 23.4 Å². The topological polar surface area (TPSA) is 32.8 Å². The average Bonchev–Trinajstić information content (AvgIpc) is 2.92. The number of epoxide rings is 1. The summed E-state index contributed by atoms with van der Waals surface area (Å²) in [4.78, 5) is 0. The van der Waals surface area contributed by atoms with Gasteiger partial charge in [-0.1, -0.05) is 27.2 Å². The molecule has 2 saturated carbocycles. The summed E-state index contributed by atoms with van der Waals surface area (Å²) in [5.41, 5.74) is 0.877. The van der Waals surface area contributed by atoms with Crippen LogP contribution in [0.15, 0.2) is 0 Å². The lowest BCUT2D eigenvalue weighted by molar-refractivity contribution is -0.0833. The molecule has 1 aliphatic heterocycles. The van der Waals surface area contributed by atoms with Gasteiger partial charge in [-0.05, 0) is 55.3 Å². The predicted octanol–water partition coefficient (Wildman–Crippen LogP) is 3.38. The maximum absolute atomic E-state index is 9.45. The summed E-state index contributed by atoms with van der Waals surface area (Å²) in [6.45, 7) is 9.94. The Balaban J connectivity index is 1.96. The summed E-state index contributed by atoms with van der Waals surface area (Å²) in [6.07, 6.45) is 6.62. The second kappa shape index (κ2) is 3.73. The van der Waals surface area contributed by atoms with Crippen molar-refractivity contribution in [1.29, 1.82) is 0 Å². The first-order chi connectivity index (χ1) is 8.34. The number of hydrogen-bond donors (Lipinski definition) is 1. The van der Waals surface area contributed by atoms with Gasteiger partial charge in [0.25, 0.3) is 0 Å². The smallest absolute Gasteiger partial charge is 0.0954 e. The number of hydrogen-bond acceptors (Lipinski definition) is 2. The molecule has 3 fully saturated rings. The number of aliphatic hydroxyl groups is 1. The lowest BCUT2D eigenvalue weighted by atomic mass is 9.46. The lowest BCUT2D eigenvalue weighted by Gasteiger charge is -2.57. The Labute approximate surface area is 111 Å². The van der Waals surface area contributed by atoms with Crippen LogP contribution in [0.5, 0.6) is 0 Å². The van der Waals surface area contributed by atoms with Crippen LogP contribution in [0.3, 0.4) is 0 Å². The molecule has 3 aliphatic rings. The Morgan fingerprint density at radius 1 is 1.17 bits per heavy atom. The minimum absolute atomic E-state index is 0.0708. The molecular formula is C16H28O2. The largest absolute Gasteiger partial charge is 0.396 e. The highest BCUT2D eigenvalue weighted by molar-refractivity contribution is 5.17. The molecule has 0 aromatic heterocycles. The summed E-state index contributed by atoms with van der Waals surface area (Å²) in [5, 5.41) is 9.45. The van der Waals surface area contributed by atoms with E-state index >= 15 is 0 Å². The Morgan fingerprint density at radius 2 is 1.89 bits per heavy atom. The van der Waals surface area contributed by atoms with Gasteiger partial charge in [0.05, 0.1) is 11.7 Å². The van der Waals surface area contributed by atoms with Gasteiger partial charge in [-0.2, -0.15) is 0 Å². The fourth-order valence-corrected chi connectivity index (χ4v) is 5.65. The number of rotatable bonds is 2. The number of aliphatic hydroxyl groups excluding tert-OH is 1. The first kappa shape index (κ1) is 12.9. The molecule has 0 radical (unpaired) electrons. The van der Waals surface area contributed by atoms with Gasteiger partial charge < -0.3 is 9.84 Å². The molecule has 1 heterocycles. The van der Waals surface area contributed by atoms with Crippen LogP contribution in [0.4, 0.5) is 0 Å². The van der Waals surface area contributed by atoms with Crippen LogP contribution >= 0.6 is 0 Å². The summed E-state index contributed by atoms with van der Waals surface area (Å²) in [7, 11) is 0. The Bertz CT molecular complexity index is 351. The number of ether oxygens (including phenoxy) is 1. The van der Waals surface area contributed by atoms with E-state index in [9.17, 15) is 5.11 Å². The van der Waals surface area contributed by atoms with Gasteiger partial charge in [-0.3, -0.25) is 0 Å². The van der Waals surface area contributed by atoms with Crippen molar-refractivity contribution in [2.75, 3.05) is 6.61 Å². The van der Waals surface area contributed by atoms with E-state index in [0.717, 1.165) is 12.3 Å². The van der Waals surface area contributed by atoms with Gasteiger partial charge in [-0.15, -0.1) is 0 Å². The molecule has 104 valence electrons.